The van der Waals surface area contributed by atoms with Gasteiger partial charge in [-0.25, -0.2) is 8.42 Å². The van der Waals surface area contributed by atoms with Gasteiger partial charge in [-0.2, -0.15) is 0 Å². The zero-order chi connectivity index (χ0) is 18.0. The Labute approximate surface area is 158 Å². The molecular formula is C17H29BrN2O4S. The number of carbonyl (C=O) groups excluding carboxylic acids is 1. The third-order valence-corrected chi connectivity index (χ3v) is 8.19. The number of carbonyl (C=O) groups is 1. The summed E-state index contributed by atoms with van der Waals surface area (Å²) in [6.07, 6.45) is 8.27. The summed E-state index contributed by atoms with van der Waals surface area (Å²) >= 11 is 3.49. The van der Waals surface area contributed by atoms with Gasteiger partial charge in [0.25, 0.3) is 0 Å². The van der Waals surface area contributed by atoms with E-state index in [2.05, 4.69) is 26.6 Å². The van der Waals surface area contributed by atoms with E-state index >= 15 is 0 Å². The standard InChI is InChI=1S/C17H29BrN2O4S/c1-25(22,23)13-7-5-11(6-8-13)14-3-2-4-16(19-14)20-17(21)15-9-12(18)10-24-15/h11-16,19H,2-10H2,1H3,(H,20,21). The number of rotatable bonds is 4. The Bertz CT molecular complexity index is 577. The molecule has 4 unspecified atom stereocenters. The van der Waals surface area contributed by atoms with Crippen LogP contribution in [-0.2, 0) is 19.4 Å². The Morgan fingerprint density at radius 3 is 2.48 bits per heavy atom. The van der Waals surface area contributed by atoms with Crippen LogP contribution in [0.2, 0.25) is 0 Å². The fourth-order valence-corrected chi connectivity index (χ4v) is 6.03. The summed E-state index contributed by atoms with van der Waals surface area (Å²) in [6, 6.07) is 0.369. The van der Waals surface area contributed by atoms with Crippen LogP contribution in [0.5, 0.6) is 0 Å². The number of amides is 1. The summed E-state index contributed by atoms with van der Waals surface area (Å²) in [5.74, 6) is 0.480. The van der Waals surface area contributed by atoms with Gasteiger partial charge >= 0.3 is 0 Å². The van der Waals surface area contributed by atoms with E-state index in [4.69, 9.17) is 4.74 Å². The second-order valence-electron chi connectivity index (χ2n) is 7.79. The molecule has 6 nitrogen and oxygen atoms in total. The van der Waals surface area contributed by atoms with E-state index in [1.54, 1.807) is 0 Å². The molecule has 1 amide bonds. The quantitative estimate of drug-likeness (QED) is 0.655. The third kappa shape index (κ3) is 5.17. The summed E-state index contributed by atoms with van der Waals surface area (Å²) in [5, 5.41) is 6.52. The van der Waals surface area contributed by atoms with Gasteiger partial charge in [-0.05, 0) is 57.3 Å². The van der Waals surface area contributed by atoms with Gasteiger partial charge in [-0.3, -0.25) is 10.1 Å². The number of ether oxygens (including phenoxy) is 1. The Balaban J connectivity index is 1.48. The molecule has 0 bridgehead atoms. The first kappa shape index (κ1) is 19.6. The lowest BCUT2D eigenvalue weighted by atomic mass is 9.80. The van der Waals surface area contributed by atoms with Crippen molar-refractivity contribution in [2.45, 2.75) is 79.8 Å². The molecular weight excluding hydrogens is 408 g/mol. The predicted molar refractivity (Wildman–Crippen MR) is 100 cm³/mol. The number of nitrogens with one attached hydrogen (secondary N) is 2. The van der Waals surface area contributed by atoms with Gasteiger partial charge in [0.2, 0.25) is 5.91 Å². The molecule has 3 rings (SSSR count). The Morgan fingerprint density at radius 1 is 1.16 bits per heavy atom. The number of halogens is 1. The van der Waals surface area contributed by atoms with Crippen LogP contribution in [-0.4, -0.2) is 55.6 Å². The summed E-state index contributed by atoms with van der Waals surface area (Å²) < 4.78 is 28.9. The maximum atomic E-state index is 12.3. The average molecular weight is 437 g/mol. The second-order valence-corrected chi connectivity index (χ2v) is 11.4. The van der Waals surface area contributed by atoms with Crippen molar-refractivity contribution in [2.75, 3.05) is 12.9 Å². The Morgan fingerprint density at radius 2 is 1.88 bits per heavy atom. The maximum absolute atomic E-state index is 12.3. The van der Waals surface area contributed by atoms with Crippen LogP contribution in [0.25, 0.3) is 0 Å². The van der Waals surface area contributed by atoms with Crippen LogP contribution in [0.15, 0.2) is 0 Å². The molecule has 2 heterocycles. The van der Waals surface area contributed by atoms with Crippen molar-refractivity contribution >= 4 is 31.7 Å². The Hall–Kier alpha value is -0.180. The highest BCUT2D eigenvalue weighted by Crippen LogP contribution is 2.33. The van der Waals surface area contributed by atoms with Crippen molar-refractivity contribution in [3.63, 3.8) is 0 Å². The minimum Gasteiger partial charge on any atom is -0.367 e. The van der Waals surface area contributed by atoms with Gasteiger partial charge in [-0.15, -0.1) is 0 Å². The van der Waals surface area contributed by atoms with E-state index in [-0.39, 0.29) is 28.3 Å². The van der Waals surface area contributed by atoms with Gasteiger partial charge in [0, 0.05) is 17.1 Å². The zero-order valence-corrected chi connectivity index (χ0v) is 17.1. The second kappa shape index (κ2) is 8.23. The first-order valence-corrected chi connectivity index (χ1v) is 12.2. The molecule has 25 heavy (non-hydrogen) atoms. The smallest absolute Gasteiger partial charge is 0.250 e. The lowest BCUT2D eigenvalue weighted by Crippen LogP contribution is -2.56. The van der Waals surface area contributed by atoms with E-state index in [1.807, 2.05) is 0 Å². The maximum Gasteiger partial charge on any atom is 0.250 e. The molecule has 0 spiro atoms. The summed E-state index contributed by atoms with van der Waals surface area (Å²) in [6.45, 7) is 0.586. The lowest BCUT2D eigenvalue weighted by Gasteiger charge is -2.39. The van der Waals surface area contributed by atoms with Crippen molar-refractivity contribution in [3.05, 3.63) is 0 Å². The SMILES string of the molecule is CS(=O)(=O)C1CCC(C2CCCC(NC(=O)C3CC(Br)CO3)N2)CC1. The third-order valence-electron chi connectivity index (χ3n) is 5.87. The minimum absolute atomic E-state index is 0.00291. The molecule has 1 saturated carbocycles. The molecule has 2 N–H and O–H groups in total. The first-order chi connectivity index (χ1) is 11.8. The lowest BCUT2D eigenvalue weighted by molar-refractivity contribution is -0.131. The fourth-order valence-electron chi connectivity index (χ4n) is 4.41. The number of hydrogen-bond acceptors (Lipinski definition) is 5. The monoisotopic (exact) mass is 436 g/mol. The summed E-state index contributed by atoms with van der Waals surface area (Å²) in [4.78, 5) is 12.6. The van der Waals surface area contributed by atoms with Gasteiger partial charge in [0.15, 0.2) is 0 Å². The zero-order valence-electron chi connectivity index (χ0n) is 14.7. The highest BCUT2D eigenvalue weighted by Gasteiger charge is 2.35. The highest BCUT2D eigenvalue weighted by atomic mass is 79.9. The van der Waals surface area contributed by atoms with E-state index < -0.39 is 9.84 Å². The van der Waals surface area contributed by atoms with Crippen LogP contribution in [0.1, 0.15) is 51.4 Å². The van der Waals surface area contributed by atoms with E-state index in [0.29, 0.717) is 18.6 Å². The van der Waals surface area contributed by atoms with Crippen molar-refractivity contribution < 1.29 is 17.9 Å². The van der Waals surface area contributed by atoms with Gasteiger partial charge in [0.05, 0.1) is 18.0 Å². The normalized spacial score (nSPS) is 39.9. The van der Waals surface area contributed by atoms with Crippen molar-refractivity contribution in [2.24, 2.45) is 5.92 Å². The fraction of sp³-hybridized carbons (Fsp3) is 0.941. The van der Waals surface area contributed by atoms with Crippen molar-refractivity contribution in [1.82, 2.24) is 10.6 Å². The molecule has 3 fully saturated rings. The molecule has 0 radical (unpaired) electrons. The van der Waals surface area contributed by atoms with Gasteiger partial charge < -0.3 is 10.1 Å². The van der Waals surface area contributed by atoms with Crippen LogP contribution in [0.4, 0.5) is 0 Å². The highest BCUT2D eigenvalue weighted by molar-refractivity contribution is 9.09. The predicted octanol–water partition coefficient (Wildman–Crippen LogP) is 1.73. The molecule has 4 atom stereocenters. The largest absolute Gasteiger partial charge is 0.367 e. The van der Waals surface area contributed by atoms with E-state index in [9.17, 15) is 13.2 Å². The molecule has 2 aliphatic heterocycles. The van der Waals surface area contributed by atoms with Crippen LogP contribution in [0.3, 0.4) is 0 Å². The van der Waals surface area contributed by atoms with Crippen molar-refractivity contribution in [3.8, 4) is 0 Å². The molecule has 3 aliphatic rings. The summed E-state index contributed by atoms with van der Waals surface area (Å²) in [7, 11) is -2.92. The average Bonchev–Trinajstić information content (AvgIpc) is 3.01. The molecule has 1 aliphatic carbocycles. The number of piperidine rings is 1. The van der Waals surface area contributed by atoms with Gasteiger partial charge in [0.1, 0.15) is 15.9 Å². The minimum atomic E-state index is -2.92. The molecule has 2 saturated heterocycles. The van der Waals surface area contributed by atoms with Crippen LogP contribution in [0, 0.1) is 5.92 Å². The van der Waals surface area contributed by atoms with Crippen LogP contribution < -0.4 is 10.6 Å². The van der Waals surface area contributed by atoms with Gasteiger partial charge in [-0.1, -0.05) is 15.9 Å². The van der Waals surface area contributed by atoms with E-state index in [1.165, 1.54) is 6.26 Å². The van der Waals surface area contributed by atoms with Crippen molar-refractivity contribution in [1.29, 1.82) is 0 Å². The molecule has 144 valence electrons. The molecule has 0 aromatic carbocycles. The number of hydrogen-bond donors (Lipinski definition) is 2. The van der Waals surface area contributed by atoms with Crippen LogP contribution >= 0.6 is 15.9 Å². The van der Waals surface area contributed by atoms with E-state index in [0.717, 1.165) is 51.4 Å². The number of sulfone groups is 1. The topological polar surface area (TPSA) is 84.5 Å². The molecule has 0 aromatic rings. The molecule has 8 heteroatoms. The summed E-state index contributed by atoms with van der Waals surface area (Å²) in [5.41, 5.74) is 0. The molecule has 0 aromatic heterocycles. The Kier molecular flexibility index (Phi) is 6.45. The first-order valence-electron chi connectivity index (χ1n) is 9.34. The number of alkyl halides is 1.